The van der Waals surface area contributed by atoms with Crippen LogP contribution in [0.5, 0.6) is 0 Å². The van der Waals surface area contributed by atoms with Gasteiger partial charge in [-0.25, -0.2) is 0 Å². The van der Waals surface area contributed by atoms with Crippen LogP contribution in [0.4, 0.5) is 0 Å². The molecule has 0 radical (unpaired) electrons. The quantitative estimate of drug-likeness (QED) is 0.362. The van der Waals surface area contributed by atoms with Gasteiger partial charge in [0, 0.05) is 52.3 Å². The number of thioether (sulfide) groups is 1. The lowest BCUT2D eigenvalue weighted by Crippen LogP contribution is -2.50. The van der Waals surface area contributed by atoms with Crippen LogP contribution in [0.1, 0.15) is 11.1 Å². The van der Waals surface area contributed by atoms with Gasteiger partial charge in [0.05, 0.1) is 0 Å². The van der Waals surface area contributed by atoms with Crippen LogP contribution in [-0.4, -0.2) is 41.9 Å². The van der Waals surface area contributed by atoms with Crippen LogP contribution in [-0.2, 0) is 12.3 Å². The first-order valence-electron chi connectivity index (χ1n) is 8.48. The number of hydrogen-bond donors (Lipinski definition) is 2. The maximum Gasteiger partial charge on any atom is 0.188 e. The molecule has 0 aliphatic carbocycles. The van der Waals surface area contributed by atoms with Crippen molar-refractivity contribution in [2.75, 3.05) is 26.2 Å². The van der Waals surface area contributed by atoms with E-state index in [0.717, 1.165) is 47.4 Å². The van der Waals surface area contributed by atoms with E-state index in [9.17, 15) is 0 Å². The Morgan fingerprint density at radius 3 is 2.35 bits per heavy atom. The molecule has 1 aliphatic rings. The lowest BCUT2D eigenvalue weighted by Gasteiger charge is -2.35. The molecule has 0 aromatic heterocycles. The van der Waals surface area contributed by atoms with Gasteiger partial charge in [-0.15, -0.1) is 11.8 Å². The van der Waals surface area contributed by atoms with Crippen LogP contribution in [0.25, 0.3) is 0 Å². The number of guanidine groups is 1. The second-order valence-corrected chi connectivity index (χ2v) is 9.17. The molecule has 4 nitrogen and oxygen atoms in total. The minimum absolute atomic E-state index is 0.181. The number of rotatable bonds is 5. The zero-order valence-electron chi connectivity index (χ0n) is 14.4. The molecular formula is C19H22Br2N4S. The molecule has 1 fully saturated rings. The molecule has 3 rings (SSSR count). The first-order chi connectivity index (χ1) is 12.5. The smallest absolute Gasteiger partial charge is 0.188 e. The summed E-state index contributed by atoms with van der Waals surface area (Å²) in [5.74, 6) is 1.12. The SMILES string of the molecule is N=C(N)N1CCN(Cc2ccccc2SCc2cc(Br)cc(Br)c2)CC1. The summed E-state index contributed by atoms with van der Waals surface area (Å²) in [5.41, 5.74) is 8.24. The molecule has 0 spiro atoms. The molecular weight excluding hydrogens is 476 g/mol. The van der Waals surface area contributed by atoms with Crippen LogP contribution in [0.15, 0.2) is 56.3 Å². The molecule has 1 heterocycles. The Kier molecular flexibility index (Phi) is 7.03. The van der Waals surface area contributed by atoms with Crippen LogP contribution < -0.4 is 5.73 Å². The molecule has 2 aromatic carbocycles. The third-order valence-electron chi connectivity index (χ3n) is 4.40. The van der Waals surface area contributed by atoms with Gasteiger partial charge in [0.15, 0.2) is 5.96 Å². The highest BCUT2D eigenvalue weighted by atomic mass is 79.9. The van der Waals surface area contributed by atoms with E-state index in [4.69, 9.17) is 11.1 Å². The van der Waals surface area contributed by atoms with Gasteiger partial charge in [-0.05, 0) is 35.4 Å². The summed E-state index contributed by atoms with van der Waals surface area (Å²) in [5, 5.41) is 7.55. The second-order valence-electron chi connectivity index (χ2n) is 6.32. The highest BCUT2D eigenvalue weighted by Crippen LogP contribution is 2.29. The zero-order chi connectivity index (χ0) is 18.5. The number of nitrogens with two attached hydrogens (primary N) is 1. The Morgan fingerprint density at radius 1 is 1.04 bits per heavy atom. The van der Waals surface area contributed by atoms with Crippen molar-refractivity contribution in [2.24, 2.45) is 5.73 Å². The van der Waals surface area contributed by atoms with Gasteiger partial charge in [-0.3, -0.25) is 10.3 Å². The van der Waals surface area contributed by atoms with Gasteiger partial charge < -0.3 is 10.6 Å². The lowest BCUT2D eigenvalue weighted by molar-refractivity contribution is 0.173. The Bertz CT molecular complexity index is 756. The van der Waals surface area contributed by atoms with Crippen molar-refractivity contribution in [1.29, 1.82) is 5.41 Å². The Balaban J connectivity index is 1.62. The average Bonchev–Trinajstić information content (AvgIpc) is 2.61. The van der Waals surface area contributed by atoms with E-state index in [1.165, 1.54) is 16.0 Å². The second kappa shape index (κ2) is 9.26. The molecule has 3 N–H and O–H groups in total. The van der Waals surface area contributed by atoms with E-state index in [1.807, 2.05) is 16.7 Å². The molecule has 0 bridgehead atoms. The highest BCUT2D eigenvalue weighted by molar-refractivity contribution is 9.11. The number of nitrogens with zero attached hydrogens (tertiary/aromatic N) is 2. The number of hydrogen-bond acceptors (Lipinski definition) is 3. The monoisotopic (exact) mass is 496 g/mol. The number of halogens is 2. The van der Waals surface area contributed by atoms with Crippen molar-refractivity contribution in [3.05, 3.63) is 62.5 Å². The van der Waals surface area contributed by atoms with Crippen molar-refractivity contribution in [3.63, 3.8) is 0 Å². The fourth-order valence-electron chi connectivity index (χ4n) is 3.02. The van der Waals surface area contributed by atoms with Crippen molar-refractivity contribution >= 4 is 49.6 Å². The molecule has 0 amide bonds. The fourth-order valence-corrected chi connectivity index (χ4v) is 5.39. The summed E-state index contributed by atoms with van der Waals surface area (Å²) in [4.78, 5) is 5.70. The van der Waals surface area contributed by atoms with Gasteiger partial charge in [0.2, 0.25) is 0 Å². The van der Waals surface area contributed by atoms with Gasteiger partial charge in [-0.1, -0.05) is 50.1 Å². The molecule has 26 heavy (non-hydrogen) atoms. The first-order valence-corrected chi connectivity index (χ1v) is 11.1. The normalized spacial score (nSPS) is 15.2. The first kappa shape index (κ1) is 19.7. The summed E-state index contributed by atoms with van der Waals surface area (Å²) < 4.78 is 2.19. The van der Waals surface area contributed by atoms with Crippen LogP contribution >= 0.6 is 43.6 Å². The number of nitrogens with one attached hydrogen (secondary N) is 1. The summed E-state index contributed by atoms with van der Waals surface area (Å²) in [6, 6.07) is 15.0. The summed E-state index contributed by atoms with van der Waals surface area (Å²) in [6.07, 6.45) is 0. The van der Waals surface area contributed by atoms with Gasteiger partial charge >= 0.3 is 0 Å². The van der Waals surface area contributed by atoms with Gasteiger partial charge in [-0.2, -0.15) is 0 Å². The third-order valence-corrected chi connectivity index (χ3v) is 6.50. The summed E-state index contributed by atoms with van der Waals surface area (Å²) in [7, 11) is 0. The highest BCUT2D eigenvalue weighted by Gasteiger charge is 2.18. The Hall–Kier alpha value is -1.02. The summed E-state index contributed by atoms with van der Waals surface area (Å²) >= 11 is 9.00. The minimum atomic E-state index is 0.181. The molecule has 2 aromatic rings. The van der Waals surface area contributed by atoms with Crippen LogP contribution in [0.2, 0.25) is 0 Å². The van der Waals surface area contributed by atoms with Crippen molar-refractivity contribution < 1.29 is 0 Å². The zero-order valence-corrected chi connectivity index (χ0v) is 18.4. The largest absolute Gasteiger partial charge is 0.370 e. The molecule has 1 aliphatic heterocycles. The van der Waals surface area contributed by atoms with E-state index in [1.54, 1.807) is 0 Å². The minimum Gasteiger partial charge on any atom is -0.370 e. The maximum absolute atomic E-state index is 7.55. The summed E-state index contributed by atoms with van der Waals surface area (Å²) in [6.45, 7) is 4.48. The molecule has 7 heteroatoms. The third kappa shape index (κ3) is 5.49. The van der Waals surface area contributed by atoms with Gasteiger partial charge in [0.25, 0.3) is 0 Å². The van der Waals surface area contributed by atoms with Crippen LogP contribution in [0.3, 0.4) is 0 Å². The van der Waals surface area contributed by atoms with Gasteiger partial charge in [0.1, 0.15) is 0 Å². The fraction of sp³-hybridized carbons (Fsp3) is 0.316. The average molecular weight is 498 g/mol. The van der Waals surface area contributed by atoms with E-state index in [-0.39, 0.29) is 5.96 Å². The lowest BCUT2D eigenvalue weighted by atomic mass is 10.2. The van der Waals surface area contributed by atoms with E-state index in [0.29, 0.717) is 0 Å². The van der Waals surface area contributed by atoms with Crippen molar-refractivity contribution in [1.82, 2.24) is 9.80 Å². The van der Waals surface area contributed by atoms with E-state index in [2.05, 4.69) is 79.2 Å². The predicted octanol–water partition coefficient (Wildman–Crippen LogP) is 4.51. The molecule has 0 unspecified atom stereocenters. The molecule has 1 saturated heterocycles. The molecule has 0 saturated carbocycles. The number of benzene rings is 2. The van der Waals surface area contributed by atoms with Crippen LogP contribution in [0, 0.1) is 5.41 Å². The Labute approximate surface area is 175 Å². The standard InChI is InChI=1S/C19H22Br2N4S/c20-16-9-14(10-17(21)11-16)13-26-18-4-2-1-3-15(18)12-24-5-7-25(8-6-24)19(22)23/h1-4,9-11H,5-8,12-13H2,(H3,22,23). The predicted molar refractivity (Wildman–Crippen MR) is 117 cm³/mol. The number of piperazine rings is 1. The molecule has 0 atom stereocenters. The van der Waals surface area contributed by atoms with E-state index < -0.39 is 0 Å². The topological polar surface area (TPSA) is 56.4 Å². The van der Waals surface area contributed by atoms with E-state index >= 15 is 0 Å². The Morgan fingerprint density at radius 2 is 1.69 bits per heavy atom. The van der Waals surface area contributed by atoms with Crippen molar-refractivity contribution in [2.45, 2.75) is 17.2 Å². The molecule has 138 valence electrons. The maximum atomic E-state index is 7.55. The van der Waals surface area contributed by atoms with Crippen molar-refractivity contribution in [3.8, 4) is 0 Å².